The van der Waals surface area contributed by atoms with E-state index in [2.05, 4.69) is 10.3 Å². The van der Waals surface area contributed by atoms with Gasteiger partial charge in [0.05, 0.1) is 17.6 Å². The normalized spacial score (nSPS) is 19.1. The van der Waals surface area contributed by atoms with Crippen LogP contribution in [0.4, 0.5) is 14.5 Å². The lowest BCUT2D eigenvalue weighted by Gasteiger charge is -2.35. The number of carbonyl (C=O) groups excluding carboxylic acids is 1. The van der Waals surface area contributed by atoms with Gasteiger partial charge < -0.3 is 15.0 Å². The van der Waals surface area contributed by atoms with Crippen LogP contribution >= 0.6 is 0 Å². The quantitative estimate of drug-likeness (QED) is 0.693. The van der Waals surface area contributed by atoms with Crippen molar-refractivity contribution in [3.05, 3.63) is 71.4 Å². The molecule has 0 radical (unpaired) electrons. The number of hydrogen-bond acceptors (Lipinski definition) is 4. The molecule has 7 heteroatoms. The van der Waals surface area contributed by atoms with Crippen molar-refractivity contribution >= 4 is 22.5 Å². The molecule has 2 atom stereocenters. The number of anilines is 1. The van der Waals surface area contributed by atoms with E-state index in [4.69, 9.17) is 4.74 Å². The van der Waals surface area contributed by atoms with Gasteiger partial charge in [-0.25, -0.2) is 8.78 Å². The Hall–Kier alpha value is -3.06. The Balaban J connectivity index is 1.47. The molecule has 156 valence electrons. The summed E-state index contributed by atoms with van der Waals surface area (Å²) in [7, 11) is 0. The zero-order valence-electron chi connectivity index (χ0n) is 16.9. The van der Waals surface area contributed by atoms with Gasteiger partial charge in [-0.1, -0.05) is 12.1 Å². The van der Waals surface area contributed by atoms with Gasteiger partial charge >= 0.3 is 0 Å². The molecular formula is C23H23F2N3O2. The first-order valence-corrected chi connectivity index (χ1v) is 9.92. The Morgan fingerprint density at radius 1 is 1.07 bits per heavy atom. The first-order chi connectivity index (χ1) is 14.4. The molecule has 30 heavy (non-hydrogen) atoms. The zero-order valence-corrected chi connectivity index (χ0v) is 16.9. The summed E-state index contributed by atoms with van der Waals surface area (Å²) in [4.78, 5) is 18.5. The highest BCUT2D eigenvalue weighted by Crippen LogP contribution is 2.27. The molecule has 1 aromatic heterocycles. The lowest BCUT2D eigenvalue weighted by Crippen LogP contribution is -2.48. The average Bonchev–Trinajstić information content (AvgIpc) is 2.74. The van der Waals surface area contributed by atoms with Gasteiger partial charge in [-0.05, 0) is 49.7 Å². The Kier molecular flexibility index (Phi) is 5.63. The molecule has 1 saturated heterocycles. The van der Waals surface area contributed by atoms with E-state index in [1.54, 1.807) is 18.2 Å². The number of benzene rings is 2. The van der Waals surface area contributed by atoms with E-state index in [1.165, 1.54) is 6.20 Å². The zero-order chi connectivity index (χ0) is 21.3. The van der Waals surface area contributed by atoms with Crippen molar-refractivity contribution < 1.29 is 18.3 Å². The highest BCUT2D eigenvalue weighted by atomic mass is 19.1. The fourth-order valence-corrected chi connectivity index (χ4v) is 3.83. The highest BCUT2D eigenvalue weighted by molar-refractivity contribution is 5.94. The summed E-state index contributed by atoms with van der Waals surface area (Å²) in [6.07, 6.45) is 1.47. The van der Waals surface area contributed by atoms with Crippen molar-refractivity contribution in [1.29, 1.82) is 0 Å². The van der Waals surface area contributed by atoms with Crippen LogP contribution in [0, 0.1) is 11.6 Å². The topological polar surface area (TPSA) is 54.5 Å². The molecule has 0 spiro atoms. The van der Waals surface area contributed by atoms with Crippen molar-refractivity contribution in [2.45, 2.75) is 32.6 Å². The minimum absolute atomic E-state index is 0.00471. The predicted octanol–water partition coefficient (Wildman–Crippen LogP) is 4.37. The maximum Gasteiger partial charge on any atom is 0.254 e. The molecule has 0 bridgehead atoms. The van der Waals surface area contributed by atoms with Crippen LogP contribution < -0.4 is 5.32 Å². The van der Waals surface area contributed by atoms with Gasteiger partial charge in [0, 0.05) is 37.1 Å². The number of nitrogens with zero attached hydrogens (tertiary/aromatic N) is 2. The number of nitrogens with one attached hydrogen (secondary N) is 1. The van der Waals surface area contributed by atoms with Crippen molar-refractivity contribution in [2.75, 3.05) is 18.4 Å². The third-order valence-corrected chi connectivity index (χ3v) is 5.18. The van der Waals surface area contributed by atoms with Crippen LogP contribution in [-0.4, -0.2) is 41.1 Å². The van der Waals surface area contributed by atoms with Crippen LogP contribution in [0.1, 0.15) is 29.8 Å². The van der Waals surface area contributed by atoms with Gasteiger partial charge in [0.25, 0.3) is 5.91 Å². The molecule has 5 nitrogen and oxygen atoms in total. The monoisotopic (exact) mass is 411 g/mol. The number of hydrogen-bond donors (Lipinski definition) is 1. The van der Waals surface area contributed by atoms with E-state index in [0.717, 1.165) is 17.7 Å². The van der Waals surface area contributed by atoms with Gasteiger partial charge in [-0.15, -0.1) is 0 Å². The van der Waals surface area contributed by atoms with Gasteiger partial charge in [-0.3, -0.25) is 9.78 Å². The standard InChI is InChI=1S/C23H23F2N3O2/c1-14-12-28(13-15(2)30-14)23(29)17-5-3-16(4-6-17)11-27-20-9-10-26-22-19(25)8-7-18(24)21(20)22/h3-10,14-15H,11-13H2,1-2H3,(H,26,27). The highest BCUT2D eigenvalue weighted by Gasteiger charge is 2.26. The number of morpholine rings is 1. The molecule has 2 heterocycles. The molecule has 4 rings (SSSR count). The molecule has 2 unspecified atom stereocenters. The predicted molar refractivity (Wildman–Crippen MR) is 111 cm³/mol. The molecule has 3 aromatic rings. The Labute approximate surface area is 173 Å². The van der Waals surface area contributed by atoms with Gasteiger partial charge in [-0.2, -0.15) is 0 Å². The molecular weight excluding hydrogens is 388 g/mol. The molecule has 2 aromatic carbocycles. The Morgan fingerprint density at radius 2 is 1.73 bits per heavy atom. The number of halogens is 2. The Bertz CT molecular complexity index is 1060. The van der Waals surface area contributed by atoms with E-state index >= 15 is 0 Å². The second kappa shape index (κ2) is 8.36. The molecule has 1 amide bonds. The third-order valence-electron chi connectivity index (χ3n) is 5.18. The SMILES string of the molecule is CC1CN(C(=O)c2ccc(CNc3ccnc4c(F)ccc(F)c34)cc2)CC(C)O1. The third kappa shape index (κ3) is 4.11. The fourth-order valence-electron chi connectivity index (χ4n) is 3.83. The lowest BCUT2D eigenvalue weighted by molar-refractivity contribution is -0.0586. The molecule has 0 aliphatic carbocycles. The van der Waals surface area contributed by atoms with E-state index < -0.39 is 11.6 Å². The van der Waals surface area contributed by atoms with Crippen LogP contribution in [0.2, 0.25) is 0 Å². The van der Waals surface area contributed by atoms with E-state index in [0.29, 0.717) is 30.9 Å². The van der Waals surface area contributed by atoms with E-state index in [1.807, 2.05) is 30.9 Å². The van der Waals surface area contributed by atoms with Crippen LogP contribution in [-0.2, 0) is 11.3 Å². The maximum atomic E-state index is 14.2. The van der Waals surface area contributed by atoms with Crippen LogP contribution in [0.25, 0.3) is 10.9 Å². The number of aromatic nitrogens is 1. The molecule has 1 aliphatic rings. The number of carbonyl (C=O) groups is 1. The van der Waals surface area contributed by atoms with Crippen molar-refractivity contribution in [2.24, 2.45) is 0 Å². The number of pyridine rings is 1. The van der Waals surface area contributed by atoms with E-state index in [-0.39, 0.29) is 29.0 Å². The molecule has 1 aliphatic heterocycles. The van der Waals surface area contributed by atoms with Crippen LogP contribution in [0.5, 0.6) is 0 Å². The summed E-state index contributed by atoms with van der Waals surface area (Å²) in [5.41, 5.74) is 1.99. The summed E-state index contributed by atoms with van der Waals surface area (Å²) >= 11 is 0. The maximum absolute atomic E-state index is 14.2. The van der Waals surface area contributed by atoms with Crippen molar-refractivity contribution in [1.82, 2.24) is 9.88 Å². The first-order valence-electron chi connectivity index (χ1n) is 9.92. The largest absolute Gasteiger partial charge is 0.380 e. The second-order valence-corrected chi connectivity index (χ2v) is 7.63. The minimum atomic E-state index is -0.565. The minimum Gasteiger partial charge on any atom is -0.380 e. The summed E-state index contributed by atoms with van der Waals surface area (Å²) in [5, 5.41) is 3.26. The van der Waals surface area contributed by atoms with Gasteiger partial charge in [0.15, 0.2) is 0 Å². The summed E-state index contributed by atoms with van der Waals surface area (Å²) < 4.78 is 33.8. The fraction of sp³-hybridized carbons (Fsp3) is 0.304. The Morgan fingerprint density at radius 3 is 2.43 bits per heavy atom. The van der Waals surface area contributed by atoms with Crippen LogP contribution in [0.15, 0.2) is 48.7 Å². The first kappa shape index (κ1) is 20.2. The summed E-state index contributed by atoms with van der Waals surface area (Å²) in [6.45, 7) is 5.47. The molecule has 1 fully saturated rings. The van der Waals surface area contributed by atoms with E-state index in [9.17, 15) is 13.6 Å². The average molecular weight is 411 g/mol. The summed E-state index contributed by atoms with van der Waals surface area (Å²) in [6, 6.07) is 11.1. The number of ether oxygens (including phenoxy) is 1. The van der Waals surface area contributed by atoms with Crippen molar-refractivity contribution in [3.63, 3.8) is 0 Å². The second-order valence-electron chi connectivity index (χ2n) is 7.63. The molecule has 0 saturated carbocycles. The van der Waals surface area contributed by atoms with Gasteiger partial charge in [0.2, 0.25) is 0 Å². The smallest absolute Gasteiger partial charge is 0.254 e. The number of amides is 1. The summed E-state index contributed by atoms with van der Waals surface area (Å²) in [5.74, 6) is -1.12. The number of fused-ring (bicyclic) bond motifs is 1. The number of rotatable bonds is 4. The molecule has 1 N–H and O–H groups in total. The van der Waals surface area contributed by atoms with Gasteiger partial charge in [0.1, 0.15) is 17.2 Å². The van der Waals surface area contributed by atoms with Crippen LogP contribution in [0.3, 0.4) is 0 Å². The lowest BCUT2D eigenvalue weighted by atomic mass is 10.1. The van der Waals surface area contributed by atoms with Crippen molar-refractivity contribution in [3.8, 4) is 0 Å².